The lowest BCUT2D eigenvalue weighted by atomic mass is 10.1. The van der Waals surface area contributed by atoms with E-state index in [0.717, 1.165) is 16.9 Å². The van der Waals surface area contributed by atoms with Crippen molar-refractivity contribution in [2.75, 3.05) is 48.4 Å². The number of urea groups is 1. The zero-order valence-electron chi connectivity index (χ0n) is 20.4. The van der Waals surface area contributed by atoms with E-state index in [1.54, 1.807) is 36.9 Å². The third-order valence-corrected chi connectivity index (χ3v) is 5.72. The second-order valence-corrected chi connectivity index (χ2v) is 8.22. The van der Waals surface area contributed by atoms with Gasteiger partial charge in [-0.3, -0.25) is 9.97 Å². The summed E-state index contributed by atoms with van der Waals surface area (Å²) < 4.78 is 11.6. The second kappa shape index (κ2) is 11.4. The Hall–Kier alpha value is -4.57. The Morgan fingerprint density at radius 3 is 2.32 bits per heavy atom. The van der Waals surface area contributed by atoms with Gasteiger partial charge >= 0.3 is 6.03 Å². The van der Waals surface area contributed by atoms with Gasteiger partial charge in [-0.25, -0.2) is 14.8 Å². The molecule has 4 aromatic rings. The molecule has 4 heterocycles. The molecular weight excluding hydrogens is 470 g/mol. The van der Waals surface area contributed by atoms with Crippen molar-refractivity contribution in [3.05, 3.63) is 73.3 Å². The predicted octanol–water partition coefficient (Wildman–Crippen LogP) is 4.48. The number of morpholine rings is 1. The van der Waals surface area contributed by atoms with Gasteiger partial charge in [-0.05, 0) is 55.5 Å². The fourth-order valence-electron chi connectivity index (χ4n) is 3.96. The molecule has 10 nitrogen and oxygen atoms in total. The highest BCUT2D eigenvalue weighted by Gasteiger charge is 2.24. The molecule has 1 aliphatic rings. The minimum absolute atomic E-state index is 0.343. The molecule has 1 fully saturated rings. The van der Waals surface area contributed by atoms with Crippen LogP contribution in [0, 0.1) is 0 Å². The molecule has 10 heteroatoms. The maximum Gasteiger partial charge on any atom is 0.323 e. The SMILES string of the molecule is CCOc1c(-c2cccnc2)nc(-c2ccc(NC(=O)Nc3ccncc3)cc2)nc1N1CCOCC1. The number of anilines is 3. The van der Waals surface area contributed by atoms with Gasteiger partial charge in [-0.1, -0.05) is 0 Å². The highest BCUT2D eigenvalue weighted by molar-refractivity contribution is 5.99. The van der Waals surface area contributed by atoms with Gasteiger partial charge in [0.1, 0.15) is 5.69 Å². The van der Waals surface area contributed by atoms with E-state index >= 15 is 0 Å². The molecule has 188 valence electrons. The predicted molar refractivity (Wildman–Crippen MR) is 142 cm³/mol. The van der Waals surface area contributed by atoms with Crippen molar-refractivity contribution < 1.29 is 14.3 Å². The quantitative estimate of drug-likeness (QED) is 0.384. The number of ether oxygens (including phenoxy) is 2. The molecule has 0 radical (unpaired) electrons. The zero-order chi connectivity index (χ0) is 25.5. The van der Waals surface area contributed by atoms with E-state index in [0.29, 0.717) is 61.6 Å². The Morgan fingerprint density at radius 2 is 1.65 bits per heavy atom. The van der Waals surface area contributed by atoms with Crippen LogP contribution >= 0.6 is 0 Å². The first-order valence-electron chi connectivity index (χ1n) is 12.1. The Balaban J connectivity index is 1.46. The molecule has 0 unspecified atom stereocenters. The number of carbonyl (C=O) groups is 1. The highest BCUT2D eigenvalue weighted by atomic mass is 16.5. The van der Waals surface area contributed by atoms with Crippen LogP contribution in [0.1, 0.15) is 6.92 Å². The van der Waals surface area contributed by atoms with Crippen LogP contribution in [-0.4, -0.2) is 58.9 Å². The summed E-state index contributed by atoms with van der Waals surface area (Å²) in [6.07, 6.45) is 6.73. The summed E-state index contributed by atoms with van der Waals surface area (Å²) in [4.78, 5) is 32.6. The zero-order valence-corrected chi connectivity index (χ0v) is 20.4. The van der Waals surface area contributed by atoms with E-state index in [2.05, 4.69) is 25.5 Å². The average Bonchev–Trinajstić information content (AvgIpc) is 2.95. The molecule has 3 aromatic heterocycles. The van der Waals surface area contributed by atoms with Gasteiger partial charge in [0.05, 0.1) is 19.8 Å². The monoisotopic (exact) mass is 497 g/mol. The van der Waals surface area contributed by atoms with Gasteiger partial charge in [-0.2, -0.15) is 0 Å². The third-order valence-electron chi connectivity index (χ3n) is 5.72. The Kier molecular flexibility index (Phi) is 7.47. The van der Waals surface area contributed by atoms with Crippen LogP contribution in [0.5, 0.6) is 5.75 Å². The molecule has 0 aliphatic carbocycles. The number of rotatable bonds is 7. The first kappa shape index (κ1) is 24.1. The molecular formula is C27H27N7O3. The number of pyridine rings is 2. The van der Waals surface area contributed by atoms with Gasteiger partial charge < -0.3 is 25.0 Å². The summed E-state index contributed by atoms with van der Waals surface area (Å²) in [7, 11) is 0. The van der Waals surface area contributed by atoms with Crippen LogP contribution in [0.2, 0.25) is 0 Å². The van der Waals surface area contributed by atoms with Crippen molar-refractivity contribution in [2.24, 2.45) is 0 Å². The molecule has 2 amide bonds. The number of carbonyl (C=O) groups excluding carboxylic acids is 1. The van der Waals surface area contributed by atoms with Crippen LogP contribution in [-0.2, 0) is 4.74 Å². The van der Waals surface area contributed by atoms with Crippen molar-refractivity contribution in [2.45, 2.75) is 6.92 Å². The van der Waals surface area contributed by atoms with Crippen molar-refractivity contribution in [1.29, 1.82) is 0 Å². The largest absolute Gasteiger partial charge is 0.488 e. The summed E-state index contributed by atoms with van der Waals surface area (Å²) in [6, 6.07) is 14.3. The summed E-state index contributed by atoms with van der Waals surface area (Å²) in [5, 5.41) is 5.61. The van der Waals surface area contributed by atoms with Crippen molar-refractivity contribution in [3.8, 4) is 28.4 Å². The van der Waals surface area contributed by atoms with E-state index in [1.807, 2.05) is 43.3 Å². The number of hydrogen-bond donors (Lipinski definition) is 2. The summed E-state index contributed by atoms with van der Waals surface area (Å²) >= 11 is 0. The Bertz CT molecular complexity index is 1330. The van der Waals surface area contributed by atoms with E-state index in [-0.39, 0.29) is 6.03 Å². The topological polar surface area (TPSA) is 114 Å². The number of hydrogen-bond acceptors (Lipinski definition) is 8. The molecule has 1 aliphatic heterocycles. The number of benzene rings is 1. The van der Waals surface area contributed by atoms with Crippen LogP contribution < -0.4 is 20.3 Å². The van der Waals surface area contributed by atoms with E-state index < -0.39 is 0 Å². The first-order valence-corrected chi connectivity index (χ1v) is 12.1. The minimum atomic E-state index is -0.343. The lowest BCUT2D eigenvalue weighted by Crippen LogP contribution is -2.37. The summed E-state index contributed by atoms with van der Waals surface area (Å²) in [5.41, 5.74) is 3.63. The van der Waals surface area contributed by atoms with Crippen LogP contribution in [0.15, 0.2) is 73.3 Å². The number of amides is 2. The number of nitrogens with one attached hydrogen (secondary N) is 2. The molecule has 0 spiro atoms. The van der Waals surface area contributed by atoms with Gasteiger partial charge in [-0.15, -0.1) is 0 Å². The van der Waals surface area contributed by atoms with Gasteiger partial charge in [0.2, 0.25) is 0 Å². The maximum atomic E-state index is 12.4. The smallest absolute Gasteiger partial charge is 0.323 e. The maximum absolute atomic E-state index is 12.4. The Morgan fingerprint density at radius 1 is 0.919 bits per heavy atom. The average molecular weight is 498 g/mol. The molecule has 2 N–H and O–H groups in total. The summed E-state index contributed by atoms with van der Waals surface area (Å²) in [6.45, 7) is 5.08. The number of aromatic nitrogens is 4. The number of nitrogens with zero attached hydrogens (tertiary/aromatic N) is 5. The van der Waals surface area contributed by atoms with Crippen LogP contribution in [0.25, 0.3) is 22.6 Å². The van der Waals surface area contributed by atoms with E-state index in [9.17, 15) is 4.79 Å². The lowest BCUT2D eigenvalue weighted by molar-refractivity contribution is 0.122. The standard InChI is InChI=1S/C27H27N7O3/c1-2-37-24-23(20-4-3-11-29-18-20)32-25(33-26(24)34-14-16-36-17-15-34)19-5-7-21(8-6-19)30-27(35)31-22-9-12-28-13-10-22/h3-13,18H,2,14-17H2,1H3,(H2,28,30,31,35). The van der Waals surface area contributed by atoms with Crippen molar-refractivity contribution in [1.82, 2.24) is 19.9 Å². The second-order valence-electron chi connectivity index (χ2n) is 8.22. The third kappa shape index (κ3) is 5.81. The molecule has 5 rings (SSSR count). The highest BCUT2D eigenvalue weighted by Crippen LogP contribution is 2.38. The molecule has 1 aromatic carbocycles. The molecule has 0 bridgehead atoms. The molecule has 37 heavy (non-hydrogen) atoms. The van der Waals surface area contributed by atoms with Gasteiger partial charge in [0.25, 0.3) is 0 Å². The lowest BCUT2D eigenvalue weighted by Gasteiger charge is -2.30. The summed E-state index contributed by atoms with van der Waals surface area (Å²) in [5.74, 6) is 1.91. The minimum Gasteiger partial charge on any atom is -0.488 e. The van der Waals surface area contributed by atoms with Gasteiger partial charge in [0.15, 0.2) is 17.4 Å². The first-order chi connectivity index (χ1) is 18.2. The van der Waals surface area contributed by atoms with Crippen LogP contribution in [0.3, 0.4) is 0 Å². The van der Waals surface area contributed by atoms with E-state index in [4.69, 9.17) is 19.4 Å². The Labute approximate surface area is 214 Å². The normalized spacial score (nSPS) is 13.2. The van der Waals surface area contributed by atoms with Gasteiger partial charge in [0, 0.05) is 60.4 Å². The van der Waals surface area contributed by atoms with Crippen molar-refractivity contribution >= 4 is 23.2 Å². The molecule has 1 saturated heterocycles. The fourth-order valence-corrected chi connectivity index (χ4v) is 3.96. The molecule has 0 atom stereocenters. The van der Waals surface area contributed by atoms with Crippen molar-refractivity contribution in [3.63, 3.8) is 0 Å². The fraction of sp³-hybridized carbons (Fsp3) is 0.222. The molecule has 0 saturated carbocycles. The van der Waals surface area contributed by atoms with Crippen LogP contribution in [0.4, 0.5) is 22.0 Å². The van der Waals surface area contributed by atoms with E-state index in [1.165, 1.54) is 0 Å².